The summed E-state index contributed by atoms with van der Waals surface area (Å²) in [6.45, 7) is 10.0. The number of benzene rings is 1. The van der Waals surface area contributed by atoms with Gasteiger partial charge in [0.05, 0.1) is 13.2 Å². The average molecular weight is 401 g/mol. The monoisotopic (exact) mass is 400 g/mol. The van der Waals surface area contributed by atoms with E-state index in [0.717, 1.165) is 57.0 Å². The fourth-order valence-corrected chi connectivity index (χ4v) is 4.67. The van der Waals surface area contributed by atoms with Gasteiger partial charge in [0, 0.05) is 51.3 Å². The maximum Gasteiger partial charge on any atom is 0.191 e. The first-order valence-electron chi connectivity index (χ1n) is 11.4. The third kappa shape index (κ3) is 5.64. The van der Waals surface area contributed by atoms with E-state index in [2.05, 4.69) is 40.7 Å². The number of hydrogen-bond donors (Lipinski definition) is 2. The number of aliphatic imine (C=N–C) groups is 1. The largest absolute Gasteiger partial charge is 0.493 e. The molecule has 29 heavy (non-hydrogen) atoms. The highest BCUT2D eigenvalue weighted by molar-refractivity contribution is 5.80. The number of nitrogens with zero attached hydrogens (tertiary/aromatic N) is 2. The van der Waals surface area contributed by atoms with Crippen molar-refractivity contribution < 1.29 is 9.47 Å². The van der Waals surface area contributed by atoms with Gasteiger partial charge in [0.2, 0.25) is 0 Å². The Kier molecular flexibility index (Phi) is 7.28. The molecular weight excluding hydrogens is 364 g/mol. The Morgan fingerprint density at radius 2 is 2.00 bits per heavy atom. The zero-order chi connectivity index (χ0) is 19.9. The molecule has 0 amide bonds. The Labute approximate surface area is 175 Å². The highest BCUT2D eigenvalue weighted by Gasteiger charge is 2.25. The number of para-hydroxylation sites is 1. The molecule has 3 aliphatic heterocycles. The number of likely N-dealkylation sites (tertiary alicyclic amines) is 1. The molecule has 0 spiro atoms. The molecule has 1 aromatic carbocycles. The van der Waals surface area contributed by atoms with Crippen LogP contribution in [0.5, 0.6) is 5.75 Å². The van der Waals surface area contributed by atoms with Crippen molar-refractivity contribution in [1.29, 1.82) is 0 Å². The van der Waals surface area contributed by atoms with Crippen molar-refractivity contribution in [3.63, 3.8) is 0 Å². The van der Waals surface area contributed by atoms with Gasteiger partial charge >= 0.3 is 0 Å². The lowest BCUT2D eigenvalue weighted by molar-refractivity contribution is 0.150. The van der Waals surface area contributed by atoms with E-state index in [0.29, 0.717) is 12.0 Å². The van der Waals surface area contributed by atoms with Crippen molar-refractivity contribution in [3.8, 4) is 5.75 Å². The molecule has 0 aliphatic carbocycles. The average Bonchev–Trinajstić information content (AvgIpc) is 3.26. The summed E-state index contributed by atoms with van der Waals surface area (Å²) >= 11 is 0. The van der Waals surface area contributed by atoms with Gasteiger partial charge in [0.25, 0.3) is 0 Å². The molecule has 6 heteroatoms. The van der Waals surface area contributed by atoms with Crippen molar-refractivity contribution in [3.05, 3.63) is 29.8 Å². The van der Waals surface area contributed by atoms with E-state index in [1.165, 1.54) is 44.5 Å². The predicted molar refractivity (Wildman–Crippen MR) is 117 cm³/mol. The highest BCUT2D eigenvalue weighted by atomic mass is 16.5. The molecule has 2 saturated heterocycles. The molecular formula is C23H36N4O2. The minimum Gasteiger partial charge on any atom is -0.493 e. The van der Waals surface area contributed by atoms with E-state index in [4.69, 9.17) is 14.5 Å². The smallest absolute Gasteiger partial charge is 0.191 e. The van der Waals surface area contributed by atoms with Gasteiger partial charge in [-0.15, -0.1) is 0 Å². The standard InChI is InChI=1S/C23H36N4O2/c1-2-24-23(25-15-19-10-14-29-22-6-4-3-5-21(19)22)26-20-7-11-27(12-8-20)16-18-9-13-28-17-18/h3-6,18-20H,2,7-17H2,1H3,(H2,24,25,26). The number of guanidine groups is 1. The van der Waals surface area contributed by atoms with Gasteiger partial charge < -0.3 is 25.0 Å². The number of rotatable bonds is 6. The zero-order valence-corrected chi connectivity index (χ0v) is 17.7. The normalized spacial score (nSPS) is 26.0. The number of piperidine rings is 1. The predicted octanol–water partition coefficient (Wildman–Crippen LogP) is 2.61. The summed E-state index contributed by atoms with van der Waals surface area (Å²) in [5, 5.41) is 7.13. The van der Waals surface area contributed by atoms with Crippen LogP contribution >= 0.6 is 0 Å². The Hall–Kier alpha value is -1.79. The summed E-state index contributed by atoms with van der Waals surface area (Å²) in [6, 6.07) is 8.90. The molecule has 160 valence electrons. The lowest BCUT2D eigenvalue weighted by Gasteiger charge is -2.34. The van der Waals surface area contributed by atoms with Crippen LogP contribution in [-0.2, 0) is 4.74 Å². The van der Waals surface area contributed by atoms with Gasteiger partial charge in [-0.05, 0) is 50.2 Å². The fourth-order valence-electron chi connectivity index (χ4n) is 4.67. The summed E-state index contributed by atoms with van der Waals surface area (Å²) in [6.07, 6.45) is 4.62. The number of ether oxygens (including phenoxy) is 2. The topological polar surface area (TPSA) is 58.1 Å². The van der Waals surface area contributed by atoms with Crippen LogP contribution in [0.3, 0.4) is 0 Å². The van der Waals surface area contributed by atoms with Crippen molar-refractivity contribution in [2.45, 2.75) is 44.6 Å². The summed E-state index contributed by atoms with van der Waals surface area (Å²) in [5.74, 6) is 3.16. The third-order valence-corrected chi connectivity index (χ3v) is 6.37. The second kappa shape index (κ2) is 10.3. The van der Waals surface area contributed by atoms with Crippen LogP contribution in [0.4, 0.5) is 0 Å². The van der Waals surface area contributed by atoms with Crippen LogP contribution in [0.2, 0.25) is 0 Å². The quantitative estimate of drug-likeness (QED) is 0.568. The fraction of sp³-hybridized carbons (Fsp3) is 0.696. The van der Waals surface area contributed by atoms with Crippen molar-refractivity contribution >= 4 is 5.96 Å². The van der Waals surface area contributed by atoms with Crippen LogP contribution < -0.4 is 15.4 Å². The summed E-state index contributed by atoms with van der Waals surface area (Å²) in [4.78, 5) is 7.55. The molecule has 2 N–H and O–H groups in total. The first kappa shape index (κ1) is 20.5. The van der Waals surface area contributed by atoms with Gasteiger partial charge in [-0.2, -0.15) is 0 Å². The maximum absolute atomic E-state index is 5.79. The molecule has 3 aliphatic rings. The summed E-state index contributed by atoms with van der Waals surface area (Å²) in [7, 11) is 0. The van der Waals surface area contributed by atoms with E-state index in [1.807, 2.05) is 6.07 Å². The second-order valence-corrected chi connectivity index (χ2v) is 8.54. The molecule has 1 aromatic rings. The van der Waals surface area contributed by atoms with E-state index < -0.39 is 0 Å². The van der Waals surface area contributed by atoms with Crippen LogP contribution in [0.1, 0.15) is 44.1 Å². The van der Waals surface area contributed by atoms with E-state index in [-0.39, 0.29) is 0 Å². The van der Waals surface area contributed by atoms with Gasteiger partial charge in [-0.25, -0.2) is 0 Å². The third-order valence-electron chi connectivity index (χ3n) is 6.37. The lowest BCUT2D eigenvalue weighted by Crippen LogP contribution is -2.49. The van der Waals surface area contributed by atoms with E-state index in [1.54, 1.807) is 0 Å². The first-order valence-corrected chi connectivity index (χ1v) is 11.4. The Morgan fingerprint density at radius 1 is 1.14 bits per heavy atom. The number of nitrogens with one attached hydrogen (secondary N) is 2. The van der Waals surface area contributed by atoms with Crippen molar-refractivity contribution in [2.75, 3.05) is 52.5 Å². The Bertz CT molecular complexity index is 667. The molecule has 0 saturated carbocycles. The minimum atomic E-state index is 0.436. The molecule has 2 fully saturated rings. The molecule has 2 atom stereocenters. The van der Waals surface area contributed by atoms with Gasteiger partial charge in [0.1, 0.15) is 5.75 Å². The highest BCUT2D eigenvalue weighted by Crippen LogP contribution is 2.33. The lowest BCUT2D eigenvalue weighted by atomic mass is 9.93. The minimum absolute atomic E-state index is 0.436. The summed E-state index contributed by atoms with van der Waals surface area (Å²) < 4.78 is 11.3. The molecule has 0 aromatic heterocycles. The Balaban J connectivity index is 1.28. The Morgan fingerprint density at radius 3 is 2.79 bits per heavy atom. The van der Waals surface area contributed by atoms with Crippen LogP contribution in [0, 0.1) is 5.92 Å². The van der Waals surface area contributed by atoms with Crippen LogP contribution in [0.15, 0.2) is 29.3 Å². The molecule has 6 nitrogen and oxygen atoms in total. The van der Waals surface area contributed by atoms with E-state index >= 15 is 0 Å². The number of hydrogen-bond acceptors (Lipinski definition) is 4. The van der Waals surface area contributed by atoms with Crippen molar-refractivity contribution in [1.82, 2.24) is 15.5 Å². The second-order valence-electron chi connectivity index (χ2n) is 8.54. The first-order chi connectivity index (χ1) is 14.3. The molecule has 4 rings (SSSR count). The molecule has 2 unspecified atom stereocenters. The van der Waals surface area contributed by atoms with Gasteiger partial charge in [-0.3, -0.25) is 4.99 Å². The SMILES string of the molecule is CCNC(=NCC1CCOc2ccccc21)NC1CCN(CC2CCOC2)CC1. The van der Waals surface area contributed by atoms with Crippen molar-refractivity contribution in [2.24, 2.45) is 10.9 Å². The van der Waals surface area contributed by atoms with Gasteiger partial charge in [-0.1, -0.05) is 18.2 Å². The van der Waals surface area contributed by atoms with Crippen LogP contribution in [0.25, 0.3) is 0 Å². The molecule has 0 bridgehead atoms. The van der Waals surface area contributed by atoms with E-state index in [9.17, 15) is 0 Å². The van der Waals surface area contributed by atoms with Crippen LogP contribution in [-0.4, -0.2) is 69.4 Å². The number of fused-ring (bicyclic) bond motifs is 1. The molecule has 0 radical (unpaired) electrons. The zero-order valence-electron chi connectivity index (χ0n) is 17.7. The van der Waals surface area contributed by atoms with Gasteiger partial charge in [0.15, 0.2) is 5.96 Å². The molecule has 3 heterocycles. The maximum atomic E-state index is 5.79. The summed E-state index contributed by atoms with van der Waals surface area (Å²) in [5.41, 5.74) is 1.29.